The standard InChI is InChI=1S/C18H17NO3/c1-10-5-11(2)7-12(6-10)16-14-9-19-18(20)13(14)8-15(21-3)17(16)22-4/h5-9H,1-4H3. The number of hydrogen-bond donors (Lipinski definition) is 0. The Hall–Kier alpha value is -2.62. The Kier molecular flexibility index (Phi) is 3.45. The van der Waals surface area contributed by atoms with Gasteiger partial charge < -0.3 is 9.47 Å². The van der Waals surface area contributed by atoms with Crippen molar-refractivity contribution in [3.8, 4) is 22.6 Å². The van der Waals surface area contributed by atoms with Crippen molar-refractivity contribution in [1.82, 2.24) is 0 Å². The molecule has 0 aliphatic carbocycles. The maximum Gasteiger partial charge on any atom is 0.277 e. The molecule has 0 fully saturated rings. The summed E-state index contributed by atoms with van der Waals surface area (Å²) in [6.45, 7) is 4.09. The van der Waals surface area contributed by atoms with Gasteiger partial charge in [-0.2, -0.15) is 0 Å². The van der Waals surface area contributed by atoms with E-state index >= 15 is 0 Å². The van der Waals surface area contributed by atoms with Gasteiger partial charge in [0.15, 0.2) is 11.5 Å². The molecule has 1 heterocycles. The van der Waals surface area contributed by atoms with E-state index in [2.05, 4.69) is 23.2 Å². The highest BCUT2D eigenvalue weighted by molar-refractivity contribution is 6.17. The van der Waals surface area contributed by atoms with Gasteiger partial charge in [0, 0.05) is 17.3 Å². The van der Waals surface area contributed by atoms with Crippen LogP contribution in [0.5, 0.6) is 11.5 Å². The van der Waals surface area contributed by atoms with Gasteiger partial charge in [-0.05, 0) is 25.5 Å². The molecule has 2 aromatic carbocycles. The van der Waals surface area contributed by atoms with E-state index < -0.39 is 0 Å². The minimum atomic E-state index is -0.249. The molecule has 3 rings (SSSR count). The molecule has 0 spiro atoms. The lowest BCUT2D eigenvalue weighted by molar-refractivity contribution is 0.101. The third kappa shape index (κ3) is 2.17. The van der Waals surface area contributed by atoms with E-state index in [9.17, 15) is 4.79 Å². The van der Waals surface area contributed by atoms with Gasteiger partial charge in [-0.1, -0.05) is 29.3 Å². The Labute approximate surface area is 129 Å². The topological polar surface area (TPSA) is 47.9 Å². The maximum atomic E-state index is 12.0. The van der Waals surface area contributed by atoms with Gasteiger partial charge >= 0.3 is 0 Å². The Morgan fingerprint density at radius 2 is 1.64 bits per heavy atom. The lowest BCUT2D eigenvalue weighted by Crippen LogP contribution is -2.01. The van der Waals surface area contributed by atoms with E-state index in [0.717, 1.165) is 27.8 Å². The average Bonchev–Trinajstić information content (AvgIpc) is 2.85. The quantitative estimate of drug-likeness (QED) is 0.870. The largest absolute Gasteiger partial charge is 0.493 e. The second-order valence-electron chi connectivity index (χ2n) is 5.39. The molecule has 0 aromatic heterocycles. The molecule has 0 saturated carbocycles. The van der Waals surface area contributed by atoms with Crippen LogP contribution in [-0.4, -0.2) is 26.3 Å². The zero-order valence-corrected chi connectivity index (χ0v) is 13.1. The number of aliphatic imine (C=N–C) groups is 1. The first kappa shape index (κ1) is 14.3. The number of hydrogen-bond acceptors (Lipinski definition) is 3. The predicted octanol–water partition coefficient (Wildman–Crippen LogP) is 3.56. The number of aryl methyl sites for hydroxylation is 2. The van der Waals surface area contributed by atoms with Gasteiger partial charge in [-0.15, -0.1) is 0 Å². The van der Waals surface area contributed by atoms with E-state index in [4.69, 9.17) is 9.47 Å². The van der Waals surface area contributed by atoms with Gasteiger partial charge in [0.2, 0.25) is 0 Å². The SMILES string of the molecule is COc1cc2c(c(-c3cc(C)cc(C)c3)c1OC)C=NC2=O. The highest BCUT2D eigenvalue weighted by Crippen LogP contribution is 2.43. The Morgan fingerprint density at radius 1 is 0.955 bits per heavy atom. The van der Waals surface area contributed by atoms with Crippen molar-refractivity contribution in [3.05, 3.63) is 46.5 Å². The van der Waals surface area contributed by atoms with Crippen molar-refractivity contribution < 1.29 is 14.3 Å². The van der Waals surface area contributed by atoms with Crippen molar-refractivity contribution >= 4 is 12.1 Å². The van der Waals surface area contributed by atoms with Crippen molar-refractivity contribution in [2.75, 3.05) is 14.2 Å². The molecular formula is C18H17NO3. The third-order valence-electron chi connectivity index (χ3n) is 3.76. The highest BCUT2D eigenvalue weighted by atomic mass is 16.5. The zero-order chi connectivity index (χ0) is 15.9. The van der Waals surface area contributed by atoms with Crippen LogP contribution < -0.4 is 9.47 Å². The first-order chi connectivity index (χ1) is 10.5. The Bertz CT molecular complexity index is 786. The van der Waals surface area contributed by atoms with E-state index in [1.54, 1.807) is 26.5 Å². The van der Waals surface area contributed by atoms with Crippen LogP contribution in [-0.2, 0) is 0 Å². The fourth-order valence-electron chi connectivity index (χ4n) is 2.92. The Morgan fingerprint density at radius 3 is 2.23 bits per heavy atom. The molecule has 4 heteroatoms. The highest BCUT2D eigenvalue weighted by Gasteiger charge is 2.26. The van der Waals surface area contributed by atoms with E-state index in [1.165, 1.54) is 0 Å². The summed E-state index contributed by atoms with van der Waals surface area (Å²) in [5, 5.41) is 0. The molecule has 0 bridgehead atoms. The molecule has 0 saturated heterocycles. The zero-order valence-electron chi connectivity index (χ0n) is 13.1. The third-order valence-corrected chi connectivity index (χ3v) is 3.76. The number of nitrogens with zero attached hydrogens (tertiary/aromatic N) is 1. The van der Waals surface area contributed by atoms with Crippen LogP contribution in [0.1, 0.15) is 27.0 Å². The molecule has 0 atom stereocenters. The molecule has 0 radical (unpaired) electrons. The fraction of sp³-hybridized carbons (Fsp3) is 0.222. The monoisotopic (exact) mass is 295 g/mol. The molecule has 0 N–H and O–H groups in total. The molecule has 22 heavy (non-hydrogen) atoms. The van der Waals surface area contributed by atoms with Gasteiger partial charge in [0.05, 0.1) is 19.8 Å². The van der Waals surface area contributed by atoms with E-state index in [-0.39, 0.29) is 5.91 Å². The number of amides is 1. The Balaban J connectivity index is 2.38. The summed E-state index contributed by atoms with van der Waals surface area (Å²) >= 11 is 0. The molecule has 112 valence electrons. The van der Waals surface area contributed by atoms with Crippen molar-refractivity contribution in [1.29, 1.82) is 0 Å². The summed E-state index contributed by atoms with van der Waals surface area (Å²) in [6, 6.07) is 7.94. The number of carbonyl (C=O) groups is 1. The second-order valence-corrected chi connectivity index (χ2v) is 5.39. The van der Waals surface area contributed by atoms with Gasteiger partial charge in [-0.25, -0.2) is 4.99 Å². The fourth-order valence-corrected chi connectivity index (χ4v) is 2.92. The molecule has 1 amide bonds. The van der Waals surface area contributed by atoms with Crippen molar-refractivity contribution in [2.45, 2.75) is 13.8 Å². The normalized spacial score (nSPS) is 12.5. The summed E-state index contributed by atoms with van der Waals surface area (Å²) in [5.74, 6) is 0.906. The minimum Gasteiger partial charge on any atom is -0.493 e. The van der Waals surface area contributed by atoms with Crippen LogP contribution in [0, 0.1) is 13.8 Å². The van der Waals surface area contributed by atoms with Gasteiger partial charge in [0.1, 0.15) is 0 Å². The summed E-state index contributed by atoms with van der Waals surface area (Å²) in [6.07, 6.45) is 1.60. The van der Waals surface area contributed by atoms with E-state index in [0.29, 0.717) is 17.1 Å². The number of fused-ring (bicyclic) bond motifs is 1. The van der Waals surface area contributed by atoms with Crippen molar-refractivity contribution in [3.63, 3.8) is 0 Å². The van der Waals surface area contributed by atoms with Crippen LogP contribution in [0.3, 0.4) is 0 Å². The molecule has 1 aliphatic heterocycles. The molecule has 4 nitrogen and oxygen atoms in total. The minimum absolute atomic E-state index is 0.249. The first-order valence-corrected chi connectivity index (χ1v) is 7.01. The van der Waals surface area contributed by atoms with Crippen molar-refractivity contribution in [2.24, 2.45) is 4.99 Å². The molecular weight excluding hydrogens is 278 g/mol. The summed E-state index contributed by atoms with van der Waals surface area (Å²) < 4.78 is 11.0. The predicted molar refractivity (Wildman–Crippen MR) is 86.4 cm³/mol. The first-order valence-electron chi connectivity index (χ1n) is 7.01. The smallest absolute Gasteiger partial charge is 0.277 e. The maximum absolute atomic E-state index is 12.0. The molecule has 0 unspecified atom stereocenters. The number of methoxy groups -OCH3 is 2. The number of carbonyl (C=O) groups excluding carboxylic acids is 1. The van der Waals surface area contributed by atoms with Crippen LogP contribution >= 0.6 is 0 Å². The second kappa shape index (κ2) is 5.30. The average molecular weight is 295 g/mol. The molecule has 2 aromatic rings. The van der Waals surface area contributed by atoms with Crippen LogP contribution in [0.15, 0.2) is 29.3 Å². The van der Waals surface area contributed by atoms with Gasteiger partial charge in [0.25, 0.3) is 5.91 Å². The lowest BCUT2D eigenvalue weighted by Gasteiger charge is -2.17. The summed E-state index contributed by atoms with van der Waals surface area (Å²) in [5.41, 5.74) is 5.47. The van der Waals surface area contributed by atoms with Gasteiger partial charge in [-0.3, -0.25) is 4.79 Å². The van der Waals surface area contributed by atoms with Crippen LogP contribution in [0.2, 0.25) is 0 Å². The number of benzene rings is 2. The van der Waals surface area contributed by atoms with Crippen LogP contribution in [0.4, 0.5) is 0 Å². The van der Waals surface area contributed by atoms with Crippen LogP contribution in [0.25, 0.3) is 11.1 Å². The molecule has 1 aliphatic rings. The van der Waals surface area contributed by atoms with E-state index in [1.807, 2.05) is 13.8 Å². The summed E-state index contributed by atoms with van der Waals surface area (Å²) in [7, 11) is 3.17. The summed E-state index contributed by atoms with van der Waals surface area (Å²) in [4.78, 5) is 15.9. The lowest BCUT2D eigenvalue weighted by atomic mass is 9.93. The number of rotatable bonds is 3. The number of ether oxygens (including phenoxy) is 2.